The maximum Gasteiger partial charge on any atom is 0.136 e. The predicted molar refractivity (Wildman–Crippen MR) is 220 cm³/mol. The van der Waals surface area contributed by atoms with E-state index in [4.69, 9.17) is 4.42 Å². The Morgan fingerprint density at radius 2 is 0.827 bits per heavy atom. The predicted octanol–water partition coefficient (Wildman–Crippen LogP) is 14.4. The van der Waals surface area contributed by atoms with E-state index in [2.05, 4.69) is 193 Å². The van der Waals surface area contributed by atoms with Crippen molar-refractivity contribution in [3.05, 3.63) is 200 Å². The highest BCUT2D eigenvalue weighted by atomic mass is 16.3. The highest BCUT2D eigenvalue weighted by Crippen LogP contribution is 2.43. The van der Waals surface area contributed by atoms with Gasteiger partial charge in [-0.15, -0.1) is 0 Å². The Morgan fingerprint density at radius 1 is 0.269 bits per heavy atom. The number of rotatable bonds is 6. The molecule has 0 amide bonds. The van der Waals surface area contributed by atoms with Crippen molar-refractivity contribution in [1.82, 2.24) is 0 Å². The van der Waals surface area contributed by atoms with Gasteiger partial charge in [0, 0.05) is 27.8 Å². The summed E-state index contributed by atoms with van der Waals surface area (Å²) < 4.78 is 6.24. The standard InChI is InChI=1S/C50H33NO/c1-4-13-34(14-5-1)37-19-12-20-42(28-37)51(44-30-40(35-15-6-2-7-16-35)27-41(31-44)36-17-8-3-9-18-36)43-25-26-45-38(29-43)23-24-39-32-50-48(33-47(39)45)46-21-10-11-22-49(46)52-50/h1-33H. The molecule has 0 N–H and O–H groups in total. The van der Waals surface area contributed by atoms with Gasteiger partial charge in [-0.05, 0) is 116 Å². The molecule has 9 aromatic carbocycles. The van der Waals surface area contributed by atoms with Gasteiger partial charge in [0.1, 0.15) is 11.2 Å². The molecule has 0 aliphatic heterocycles. The number of para-hydroxylation sites is 1. The van der Waals surface area contributed by atoms with Crippen LogP contribution in [0.15, 0.2) is 205 Å². The normalized spacial score (nSPS) is 11.5. The lowest BCUT2D eigenvalue weighted by molar-refractivity contribution is 0.669. The molecule has 2 nitrogen and oxygen atoms in total. The van der Waals surface area contributed by atoms with Crippen molar-refractivity contribution in [3.63, 3.8) is 0 Å². The van der Waals surface area contributed by atoms with Crippen molar-refractivity contribution in [2.45, 2.75) is 0 Å². The Balaban J connectivity index is 1.20. The van der Waals surface area contributed by atoms with Gasteiger partial charge in [-0.1, -0.05) is 140 Å². The molecule has 0 fully saturated rings. The lowest BCUT2D eigenvalue weighted by Gasteiger charge is -2.28. The molecule has 0 saturated heterocycles. The van der Waals surface area contributed by atoms with Gasteiger partial charge in [0.05, 0.1) is 0 Å². The van der Waals surface area contributed by atoms with E-state index in [0.717, 1.165) is 39.0 Å². The van der Waals surface area contributed by atoms with E-state index in [9.17, 15) is 0 Å². The third-order valence-corrected chi connectivity index (χ3v) is 10.2. The molecule has 10 rings (SSSR count). The monoisotopic (exact) mass is 663 g/mol. The molecule has 1 heterocycles. The zero-order chi connectivity index (χ0) is 34.4. The summed E-state index contributed by atoms with van der Waals surface area (Å²) in [6.45, 7) is 0. The molecule has 0 atom stereocenters. The van der Waals surface area contributed by atoms with Crippen LogP contribution in [0, 0.1) is 0 Å². The average Bonchev–Trinajstić information content (AvgIpc) is 3.58. The van der Waals surface area contributed by atoms with Crippen LogP contribution in [0.1, 0.15) is 0 Å². The van der Waals surface area contributed by atoms with Gasteiger partial charge in [-0.3, -0.25) is 0 Å². The number of hydrogen-bond acceptors (Lipinski definition) is 2. The van der Waals surface area contributed by atoms with E-state index in [0.29, 0.717) is 0 Å². The van der Waals surface area contributed by atoms with Crippen molar-refractivity contribution in [2.24, 2.45) is 0 Å². The number of nitrogens with zero attached hydrogens (tertiary/aromatic N) is 1. The first-order chi connectivity index (χ1) is 25.7. The van der Waals surface area contributed by atoms with Crippen molar-refractivity contribution in [2.75, 3.05) is 4.90 Å². The van der Waals surface area contributed by atoms with E-state index in [1.54, 1.807) is 0 Å². The fraction of sp³-hybridized carbons (Fsp3) is 0. The molecular formula is C50H33NO. The summed E-state index contributed by atoms with van der Waals surface area (Å²) in [6, 6.07) is 71.9. The summed E-state index contributed by atoms with van der Waals surface area (Å²) in [5.41, 5.74) is 12.2. The van der Waals surface area contributed by atoms with Crippen LogP contribution >= 0.6 is 0 Å². The Labute approximate surface area is 302 Å². The largest absolute Gasteiger partial charge is 0.456 e. The molecular weight excluding hydrogens is 631 g/mol. The molecule has 0 radical (unpaired) electrons. The second-order valence-electron chi connectivity index (χ2n) is 13.4. The molecule has 0 unspecified atom stereocenters. The van der Waals surface area contributed by atoms with Gasteiger partial charge < -0.3 is 9.32 Å². The summed E-state index contributed by atoms with van der Waals surface area (Å²) >= 11 is 0. The van der Waals surface area contributed by atoms with Crippen LogP contribution in [-0.2, 0) is 0 Å². The van der Waals surface area contributed by atoms with E-state index in [1.165, 1.54) is 54.9 Å². The van der Waals surface area contributed by atoms with Crippen LogP contribution < -0.4 is 4.90 Å². The van der Waals surface area contributed by atoms with Crippen LogP contribution in [0.3, 0.4) is 0 Å². The Hall–Kier alpha value is -6.90. The maximum atomic E-state index is 6.24. The third kappa shape index (κ3) is 5.30. The van der Waals surface area contributed by atoms with E-state index < -0.39 is 0 Å². The molecule has 2 heteroatoms. The summed E-state index contributed by atoms with van der Waals surface area (Å²) in [5, 5.41) is 7.08. The van der Waals surface area contributed by atoms with Gasteiger partial charge in [-0.2, -0.15) is 0 Å². The second kappa shape index (κ2) is 12.5. The fourth-order valence-electron chi connectivity index (χ4n) is 7.65. The van der Waals surface area contributed by atoms with Crippen molar-refractivity contribution in [1.29, 1.82) is 0 Å². The number of hydrogen-bond donors (Lipinski definition) is 0. The van der Waals surface area contributed by atoms with Crippen LogP contribution in [0.25, 0.3) is 76.9 Å². The molecule has 1 aromatic heterocycles. The summed E-state index contributed by atoms with van der Waals surface area (Å²) in [5.74, 6) is 0. The first-order valence-electron chi connectivity index (χ1n) is 17.7. The maximum absolute atomic E-state index is 6.24. The Morgan fingerprint density at radius 3 is 1.52 bits per heavy atom. The molecule has 0 bridgehead atoms. The van der Waals surface area contributed by atoms with Gasteiger partial charge in [0.15, 0.2) is 0 Å². The van der Waals surface area contributed by atoms with Gasteiger partial charge in [0.2, 0.25) is 0 Å². The minimum absolute atomic E-state index is 0.917. The smallest absolute Gasteiger partial charge is 0.136 e. The quantitative estimate of drug-likeness (QED) is 0.165. The van der Waals surface area contributed by atoms with Crippen molar-refractivity contribution in [3.8, 4) is 33.4 Å². The SMILES string of the molecule is c1ccc(-c2cccc(N(c3cc(-c4ccccc4)cc(-c4ccccc4)c3)c3ccc4c(ccc5cc6oc7ccccc7c6cc54)c3)c2)cc1. The number of fused-ring (bicyclic) bond motifs is 6. The summed E-state index contributed by atoms with van der Waals surface area (Å²) in [6.07, 6.45) is 0. The molecule has 10 aromatic rings. The summed E-state index contributed by atoms with van der Waals surface area (Å²) in [4.78, 5) is 2.40. The Bertz CT molecular complexity index is 2830. The molecule has 0 aliphatic rings. The topological polar surface area (TPSA) is 16.4 Å². The molecule has 0 spiro atoms. The van der Waals surface area contributed by atoms with Crippen molar-refractivity contribution < 1.29 is 4.42 Å². The minimum Gasteiger partial charge on any atom is -0.456 e. The van der Waals surface area contributed by atoms with Crippen LogP contribution in [0.4, 0.5) is 17.1 Å². The first-order valence-corrected chi connectivity index (χ1v) is 17.7. The number of benzene rings is 9. The van der Waals surface area contributed by atoms with Crippen LogP contribution in [0.2, 0.25) is 0 Å². The lowest BCUT2D eigenvalue weighted by Crippen LogP contribution is -2.10. The molecule has 244 valence electrons. The molecule has 0 saturated carbocycles. The van der Waals surface area contributed by atoms with Crippen molar-refractivity contribution >= 4 is 60.5 Å². The van der Waals surface area contributed by atoms with Crippen LogP contribution in [-0.4, -0.2) is 0 Å². The molecule has 0 aliphatic carbocycles. The zero-order valence-electron chi connectivity index (χ0n) is 28.4. The van der Waals surface area contributed by atoms with E-state index in [-0.39, 0.29) is 0 Å². The summed E-state index contributed by atoms with van der Waals surface area (Å²) in [7, 11) is 0. The fourth-order valence-corrected chi connectivity index (χ4v) is 7.65. The van der Waals surface area contributed by atoms with Crippen LogP contribution in [0.5, 0.6) is 0 Å². The minimum atomic E-state index is 0.917. The van der Waals surface area contributed by atoms with Gasteiger partial charge >= 0.3 is 0 Å². The first kappa shape index (κ1) is 30.0. The Kier molecular flexibility index (Phi) is 7.18. The number of furan rings is 1. The van der Waals surface area contributed by atoms with Gasteiger partial charge in [-0.25, -0.2) is 0 Å². The lowest BCUT2D eigenvalue weighted by atomic mass is 9.96. The third-order valence-electron chi connectivity index (χ3n) is 10.2. The molecule has 52 heavy (non-hydrogen) atoms. The van der Waals surface area contributed by atoms with E-state index in [1.807, 2.05) is 12.1 Å². The van der Waals surface area contributed by atoms with Gasteiger partial charge in [0.25, 0.3) is 0 Å². The zero-order valence-corrected chi connectivity index (χ0v) is 28.4. The number of anilines is 3. The highest BCUT2D eigenvalue weighted by molar-refractivity contribution is 6.16. The average molecular weight is 664 g/mol. The van der Waals surface area contributed by atoms with E-state index >= 15 is 0 Å². The second-order valence-corrected chi connectivity index (χ2v) is 13.4. The highest BCUT2D eigenvalue weighted by Gasteiger charge is 2.18.